The lowest BCUT2D eigenvalue weighted by Crippen LogP contribution is -2.45. The van der Waals surface area contributed by atoms with Gasteiger partial charge in [0.2, 0.25) is 5.91 Å². The van der Waals surface area contributed by atoms with Crippen molar-refractivity contribution in [1.29, 1.82) is 0 Å². The molecule has 2 aromatic rings. The molecule has 0 aromatic heterocycles. The molecule has 1 N–H and O–H groups in total. The number of allylic oxidation sites excluding steroid dienone is 1. The van der Waals surface area contributed by atoms with Crippen LogP contribution in [-0.4, -0.2) is 61.4 Å². The van der Waals surface area contributed by atoms with E-state index in [9.17, 15) is 13.8 Å². The molecule has 0 spiro atoms. The topological polar surface area (TPSA) is 107 Å². The molecule has 0 saturated heterocycles. The number of anilines is 1. The Balaban J connectivity index is 1.42. The number of hydrogen-bond acceptors (Lipinski definition) is 7. The highest BCUT2D eigenvalue weighted by Gasteiger charge is 2.39. The second kappa shape index (κ2) is 15.3. The molecular weight excluding hydrogens is 650 g/mol. The molecule has 9 nitrogen and oxygen atoms in total. The van der Waals surface area contributed by atoms with Crippen LogP contribution in [0.15, 0.2) is 52.9 Å². The van der Waals surface area contributed by atoms with Crippen LogP contribution in [0.2, 0.25) is 5.02 Å². The van der Waals surface area contributed by atoms with E-state index < -0.39 is 15.8 Å². The van der Waals surface area contributed by atoms with Crippen LogP contribution < -0.4 is 14.4 Å². The number of rotatable bonds is 4. The van der Waals surface area contributed by atoms with Crippen LogP contribution in [0, 0.1) is 23.7 Å². The first kappa shape index (κ1) is 34.9. The van der Waals surface area contributed by atoms with Gasteiger partial charge in [-0.1, -0.05) is 36.7 Å². The monoisotopic (exact) mass is 697 g/mol. The average Bonchev–Trinajstić information content (AvgIpc) is 3.04. The van der Waals surface area contributed by atoms with Crippen molar-refractivity contribution < 1.29 is 28.0 Å². The summed E-state index contributed by atoms with van der Waals surface area (Å²) in [4.78, 5) is 29.4. The molecule has 0 radical (unpaired) electrons. The lowest BCUT2D eigenvalue weighted by atomic mass is 9.70. The number of halogens is 1. The predicted molar refractivity (Wildman–Crippen MR) is 189 cm³/mol. The van der Waals surface area contributed by atoms with Crippen molar-refractivity contribution in [3.8, 4) is 5.75 Å². The fourth-order valence-corrected chi connectivity index (χ4v) is 9.55. The zero-order valence-electron chi connectivity index (χ0n) is 28.2. The second-order valence-electron chi connectivity index (χ2n) is 13.9. The molecule has 2 fully saturated rings. The maximum absolute atomic E-state index is 14.4. The molecule has 11 heteroatoms. The number of benzene rings is 2. The Morgan fingerprint density at radius 2 is 1.92 bits per heavy atom. The zero-order valence-corrected chi connectivity index (χ0v) is 29.8. The molecule has 2 amide bonds. The van der Waals surface area contributed by atoms with Gasteiger partial charge in [-0.2, -0.15) is 0 Å². The van der Waals surface area contributed by atoms with E-state index in [0.29, 0.717) is 55.6 Å². The van der Waals surface area contributed by atoms with Gasteiger partial charge in [-0.3, -0.25) is 14.3 Å². The van der Waals surface area contributed by atoms with Crippen LogP contribution >= 0.6 is 11.6 Å². The highest BCUT2D eigenvalue weighted by atomic mass is 35.5. The van der Waals surface area contributed by atoms with Crippen LogP contribution in [0.1, 0.15) is 73.4 Å². The zero-order chi connectivity index (χ0) is 33.8. The quantitative estimate of drug-likeness (QED) is 0.352. The van der Waals surface area contributed by atoms with Crippen molar-refractivity contribution in [2.75, 3.05) is 38.0 Å². The first-order chi connectivity index (χ1) is 23.1. The van der Waals surface area contributed by atoms with Crippen molar-refractivity contribution in [2.24, 2.45) is 28.0 Å². The molecule has 1 unspecified atom stereocenters. The summed E-state index contributed by atoms with van der Waals surface area (Å²) in [6.45, 7) is 3.87. The fourth-order valence-electron chi connectivity index (χ4n) is 7.39. The van der Waals surface area contributed by atoms with Crippen LogP contribution in [0.5, 0.6) is 5.75 Å². The Kier molecular flexibility index (Phi) is 11.1. The van der Waals surface area contributed by atoms with Gasteiger partial charge in [0.25, 0.3) is 5.91 Å². The standard InChI is InChI=1S/C37H48ClN3O6S/c1-24-7-6-9-34(46-3)32-14-11-28(32)22-41-21-27-10-13-30(38)17-25(27)8-4-5-16-47-35-15-12-26(20-33(35)41)36(42)39-48(44,23-24)40-37(43)29-18-31(19-29)45-2/h6,9-10,12-13,15,17,20,24,28-29,31-32,34H,4-5,7-8,11,14,16,18-19,21-23H2,1-3H3,(H,39,40,42,43,44)/b9-6+/t24-,28-,29-,31+,32+,34-,48?/m0/s1. The van der Waals surface area contributed by atoms with E-state index in [4.69, 9.17) is 25.8 Å². The third-order valence-corrected chi connectivity index (χ3v) is 12.7. The summed E-state index contributed by atoms with van der Waals surface area (Å²) in [5, 5.41) is 0.720. The van der Waals surface area contributed by atoms with Gasteiger partial charge in [-0.05, 0) is 111 Å². The minimum atomic E-state index is -3.43. The highest BCUT2D eigenvalue weighted by molar-refractivity contribution is 7.92. The third kappa shape index (κ3) is 8.09. The van der Waals surface area contributed by atoms with E-state index in [1.54, 1.807) is 20.3 Å². The second-order valence-corrected chi connectivity index (χ2v) is 16.4. The predicted octanol–water partition coefficient (Wildman–Crippen LogP) is 6.76. The molecule has 2 heterocycles. The van der Waals surface area contributed by atoms with Crippen LogP contribution in [0.4, 0.5) is 5.69 Å². The molecule has 5 atom stereocenters. The lowest BCUT2D eigenvalue weighted by Gasteiger charge is -2.43. The van der Waals surface area contributed by atoms with E-state index in [0.717, 1.165) is 49.4 Å². The van der Waals surface area contributed by atoms with Gasteiger partial charge in [-0.15, -0.1) is 4.36 Å². The number of fused-ring (bicyclic) bond motifs is 3. The van der Waals surface area contributed by atoms with E-state index in [1.165, 1.54) is 11.1 Å². The minimum absolute atomic E-state index is 0.0117. The maximum atomic E-state index is 14.4. The number of hydrogen-bond donors (Lipinski definition) is 1. The molecule has 4 aliphatic rings. The minimum Gasteiger partial charge on any atom is -0.491 e. The molecule has 2 saturated carbocycles. The number of ether oxygens (including phenoxy) is 3. The van der Waals surface area contributed by atoms with Crippen molar-refractivity contribution in [1.82, 2.24) is 4.72 Å². The first-order valence-corrected chi connectivity index (χ1v) is 19.3. The Labute approximate surface area is 290 Å². The summed E-state index contributed by atoms with van der Waals surface area (Å²) < 4.78 is 39.1. The number of carbonyl (C=O) groups is 2. The fraction of sp³-hybridized carbons (Fsp3) is 0.568. The van der Waals surface area contributed by atoms with Crippen molar-refractivity contribution in [3.05, 3.63) is 70.3 Å². The van der Waals surface area contributed by atoms with Gasteiger partial charge in [-0.25, -0.2) is 4.21 Å². The molecule has 2 aliphatic heterocycles. The first-order valence-electron chi connectivity index (χ1n) is 17.3. The lowest BCUT2D eigenvalue weighted by molar-refractivity contribution is -0.130. The molecule has 2 aromatic carbocycles. The molecule has 260 valence electrons. The van der Waals surface area contributed by atoms with Crippen LogP contribution in [0.25, 0.3) is 0 Å². The van der Waals surface area contributed by atoms with Crippen molar-refractivity contribution in [2.45, 2.75) is 77.0 Å². The summed E-state index contributed by atoms with van der Waals surface area (Å²) >= 11 is 6.45. The van der Waals surface area contributed by atoms with Gasteiger partial charge in [0, 0.05) is 43.8 Å². The summed E-state index contributed by atoms with van der Waals surface area (Å²) in [6, 6.07) is 11.5. The van der Waals surface area contributed by atoms with Gasteiger partial charge < -0.3 is 19.1 Å². The normalized spacial score (nSPS) is 31.7. The molecule has 2 aliphatic carbocycles. The van der Waals surface area contributed by atoms with E-state index in [1.807, 2.05) is 25.1 Å². The highest BCUT2D eigenvalue weighted by Crippen LogP contribution is 2.42. The van der Waals surface area contributed by atoms with Gasteiger partial charge in [0.05, 0.1) is 30.3 Å². The summed E-state index contributed by atoms with van der Waals surface area (Å²) in [5.41, 5.74) is 3.51. The SMILES string of the molecule is CO[C@H]1/C=C/C[C@H](C)CS(=O)(NC(=O)[C@H]2C[C@@H](OC)C2)=NC(=O)c2ccc3c(c2)N(Cc2ccc(Cl)cc2CCCCO3)C[C@@H]2CC[C@H]21. The smallest absolute Gasteiger partial charge is 0.286 e. The Morgan fingerprint density at radius 3 is 2.67 bits per heavy atom. The average molecular weight is 698 g/mol. The summed E-state index contributed by atoms with van der Waals surface area (Å²) in [6.07, 6.45) is 10.8. The summed E-state index contributed by atoms with van der Waals surface area (Å²) in [7, 11) is -0.0489. The molecule has 2 bridgehead atoms. The van der Waals surface area contributed by atoms with Crippen LogP contribution in [-0.2, 0) is 37.1 Å². The van der Waals surface area contributed by atoms with Crippen LogP contribution in [0.3, 0.4) is 0 Å². The van der Waals surface area contributed by atoms with Gasteiger partial charge in [0.1, 0.15) is 15.7 Å². The summed E-state index contributed by atoms with van der Waals surface area (Å²) in [5.74, 6) is 0.0726. The van der Waals surface area contributed by atoms with E-state index >= 15 is 0 Å². The van der Waals surface area contributed by atoms with Gasteiger partial charge >= 0.3 is 0 Å². The van der Waals surface area contributed by atoms with E-state index in [2.05, 4.69) is 38.3 Å². The number of carbonyl (C=O) groups excluding carboxylic acids is 2. The Bertz CT molecular complexity index is 1650. The number of amides is 2. The molecular formula is C37H48ClN3O6S. The third-order valence-electron chi connectivity index (χ3n) is 10.5. The number of methoxy groups -OCH3 is 2. The number of nitrogens with one attached hydrogen (secondary N) is 1. The number of nitrogens with zero attached hydrogens (tertiary/aromatic N) is 2. The molecule has 48 heavy (non-hydrogen) atoms. The van der Waals surface area contributed by atoms with Crippen molar-refractivity contribution >= 4 is 39.0 Å². The maximum Gasteiger partial charge on any atom is 0.286 e. The Morgan fingerprint density at radius 1 is 1.08 bits per heavy atom. The largest absolute Gasteiger partial charge is 0.491 e. The van der Waals surface area contributed by atoms with E-state index in [-0.39, 0.29) is 35.7 Å². The molecule has 6 rings (SSSR count). The number of aryl methyl sites for hydroxylation is 1. The Hall–Kier alpha value is -2.92. The van der Waals surface area contributed by atoms with Crippen molar-refractivity contribution in [3.63, 3.8) is 0 Å². The van der Waals surface area contributed by atoms with Gasteiger partial charge in [0.15, 0.2) is 0 Å².